The number of carbonyl (C=O) groups is 12. The van der Waals surface area contributed by atoms with Crippen LogP contribution in [0.1, 0.15) is 56.6 Å². The fraction of sp³-hybridized carbons (Fsp3) is 0.538. The van der Waals surface area contributed by atoms with E-state index in [0.717, 1.165) is 0 Å². The molecule has 0 aliphatic rings. The number of aromatic nitrogens is 4. The number of aryl methyl sites for hydroxylation is 2. The summed E-state index contributed by atoms with van der Waals surface area (Å²) in [7, 11) is 3.26. The molecule has 69 heavy (non-hydrogen) atoms. The Morgan fingerprint density at radius 2 is 0.899 bits per heavy atom. The van der Waals surface area contributed by atoms with E-state index in [1.165, 1.54) is 21.5 Å². The summed E-state index contributed by atoms with van der Waals surface area (Å²) in [6, 6.07) is -6.19. The van der Waals surface area contributed by atoms with Gasteiger partial charge < -0.3 is 66.6 Å². The Bertz CT molecular complexity index is 2110. The molecule has 0 radical (unpaired) electrons. The quantitative estimate of drug-likeness (QED) is 0.0237. The average Bonchev–Trinajstić information content (AvgIpc) is 3.75. The smallest absolute Gasteiger partial charge is 0.326 e. The highest BCUT2D eigenvalue weighted by atomic mass is 16.4. The van der Waals surface area contributed by atoms with Crippen LogP contribution in [0.4, 0.5) is 4.79 Å². The van der Waals surface area contributed by atoms with Gasteiger partial charge in [-0.15, -0.1) is 0 Å². The van der Waals surface area contributed by atoms with Gasteiger partial charge in [-0.2, -0.15) is 0 Å². The van der Waals surface area contributed by atoms with E-state index in [9.17, 15) is 93.3 Å². The van der Waals surface area contributed by atoms with Crippen molar-refractivity contribution in [3.8, 4) is 0 Å². The fourth-order valence-corrected chi connectivity index (χ4v) is 6.65. The first-order valence-electron chi connectivity index (χ1n) is 20.8. The number of urea groups is 1. The molecule has 5 amide bonds. The van der Waals surface area contributed by atoms with Crippen LogP contribution < -0.4 is 25.1 Å². The van der Waals surface area contributed by atoms with Crippen molar-refractivity contribution in [3.05, 3.63) is 36.4 Å². The second kappa shape index (κ2) is 27.5. The summed E-state index contributed by atoms with van der Waals surface area (Å²) < 4.78 is 6.15. The molecule has 0 aliphatic heterocycles. The summed E-state index contributed by atoms with van der Waals surface area (Å²) in [6.45, 7) is -4.38. The van der Waals surface area contributed by atoms with Gasteiger partial charge in [0.1, 0.15) is 82.2 Å². The normalized spacial score (nSPS) is 12.2. The Morgan fingerprint density at radius 1 is 0.522 bits per heavy atom. The number of carbonyl (C=O) groups excluding carboxylic acids is 4. The zero-order valence-electron chi connectivity index (χ0n) is 37.5. The van der Waals surface area contributed by atoms with Gasteiger partial charge in [-0.3, -0.25) is 43.3 Å². The third kappa shape index (κ3) is 20.5. The maximum absolute atomic E-state index is 13.2. The van der Waals surface area contributed by atoms with Crippen molar-refractivity contribution in [1.82, 2.24) is 39.8 Å². The fourth-order valence-electron chi connectivity index (χ4n) is 6.65. The molecule has 30 heteroatoms. The molecule has 380 valence electrons. The van der Waals surface area contributed by atoms with Crippen LogP contribution in [0, 0.1) is 0 Å². The van der Waals surface area contributed by atoms with E-state index in [1.807, 2.05) is 10.6 Å². The lowest BCUT2D eigenvalue weighted by atomic mass is 10.1. The molecule has 2 heterocycles. The predicted octanol–water partition coefficient (Wildman–Crippen LogP) is -4.47. The molecule has 0 fully saturated rings. The van der Waals surface area contributed by atoms with Gasteiger partial charge in [0.25, 0.3) is 23.5 Å². The Labute approximate surface area is 390 Å². The number of carboxylic acid groups (broad SMARTS) is 8. The SMILES string of the molecule is C[n+]1ccn(CC(=O)N(CC(=O)O)CC(=O)O)c1CN(CCCCC(NC(=O)CCC(NC(=O)NC(CCC(=O)O)C(=O)O)C(=O)O)C(=O)O)Cc1n(CC(=O)N(CC(=O)O)CC(=O)O)cc[n+]1C. The molecule has 30 nitrogen and oxygen atoms in total. The maximum Gasteiger partial charge on any atom is 0.326 e. The van der Waals surface area contributed by atoms with Gasteiger partial charge in [-0.1, -0.05) is 0 Å². The lowest BCUT2D eigenvalue weighted by molar-refractivity contribution is -0.682. The number of unbranched alkanes of at least 4 members (excludes halogenated alkanes) is 1. The molecule has 3 unspecified atom stereocenters. The minimum Gasteiger partial charge on any atom is -0.481 e. The second-order valence-electron chi connectivity index (χ2n) is 15.5. The number of hydrogen-bond acceptors (Lipinski definition) is 13. The van der Waals surface area contributed by atoms with Crippen LogP contribution in [-0.4, -0.2) is 187 Å². The average molecular weight is 985 g/mol. The predicted molar refractivity (Wildman–Crippen MR) is 223 cm³/mol. The van der Waals surface area contributed by atoms with Crippen molar-refractivity contribution in [2.45, 2.75) is 89.3 Å². The molecule has 0 bridgehead atoms. The van der Waals surface area contributed by atoms with Crippen LogP contribution in [0.25, 0.3) is 0 Å². The molecule has 0 saturated carbocycles. The first kappa shape index (κ1) is 56.9. The number of rotatable bonds is 33. The minimum atomic E-state index is -1.75. The van der Waals surface area contributed by atoms with Crippen LogP contribution >= 0.6 is 0 Å². The summed E-state index contributed by atoms with van der Waals surface area (Å²) in [4.78, 5) is 147. The Kier molecular flexibility index (Phi) is 22.7. The molecule has 2 aromatic heterocycles. The second-order valence-corrected chi connectivity index (χ2v) is 15.5. The standard InChI is InChI=1S/C39H54N10O20/c1-43-11-13-46(17-29(51)48(19-32(55)56)20-33(57)58)27(43)15-45(16-28-44(2)12-14-47(28)18-30(52)49(21-34(59)60)22-35(61)62)10-4-3-5-23(36(63)64)40-26(50)8-6-24(37(65)66)41-39(69)42-25(38(67)68)7-9-31(53)54/h11-14,23-25H,3-10,15-22H2,1-2H3,(H9-2,40,41,42,50,53,54,55,56,57,58,59,60,61,62,63,64,65,66,67,68,69)/p+2. The van der Waals surface area contributed by atoms with Gasteiger partial charge in [0, 0.05) is 12.8 Å². The number of hydrogen-bond donors (Lipinski definition) is 11. The summed E-state index contributed by atoms with van der Waals surface area (Å²) in [5.74, 6) is -13.5. The van der Waals surface area contributed by atoms with E-state index >= 15 is 0 Å². The molecule has 0 spiro atoms. The maximum atomic E-state index is 13.2. The van der Waals surface area contributed by atoms with Crippen molar-refractivity contribution >= 4 is 71.5 Å². The van der Waals surface area contributed by atoms with E-state index in [2.05, 4.69) is 5.32 Å². The van der Waals surface area contributed by atoms with Gasteiger partial charge in [-0.25, -0.2) is 37.4 Å². The van der Waals surface area contributed by atoms with Crippen molar-refractivity contribution < 1.29 is 108 Å². The highest BCUT2D eigenvalue weighted by Crippen LogP contribution is 2.13. The van der Waals surface area contributed by atoms with E-state index in [4.69, 9.17) is 5.11 Å². The van der Waals surface area contributed by atoms with E-state index in [0.29, 0.717) is 21.4 Å². The van der Waals surface area contributed by atoms with E-state index in [-0.39, 0.29) is 38.9 Å². The Morgan fingerprint density at radius 3 is 1.26 bits per heavy atom. The number of amides is 5. The number of imidazole rings is 2. The third-order valence-corrected chi connectivity index (χ3v) is 10.1. The van der Waals surface area contributed by atoms with Gasteiger partial charge in [-0.05, 0) is 38.6 Å². The number of nitrogens with zero attached hydrogens (tertiary/aromatic N) is 7. The molecule has 0 aromatic carbocycles. The van der Waals surface area contributed by atoms with Crippen LogP contribution in [0.5, 0.6) is 0 Å². The molecule has 2 aromatic rings. The molecular weight excluding hydrogens is 928 g/mol. The van der Waals surface area contributed by atoms with Crippen LogP contribution in [0.3, 0.4) is 0 Å². The summed E-state index contributed by atoms with van der Waals surface area (Å²) >= 11 is 0. The van der Waals surface area contributed by atoms with Crippen molar-refractivity contribution in [3.63, 3.8) is 0 Å². The third-order valence-electron chi connectivity index (χ3n) is 10.1. The van der Waals surface area contributed by atoms with Gasteiger partial charge in [0.2, 0.25) is 5.91 Å². The van der Waals surface area contributed by atoms with E-state index in [1.54, 1.807) is 40.5 Å². The Hall–Kier alpha value is -8.18. The van der Waals surface area contributed by atoms with Gasteiger partial charge in [0.15, 0.2) is 13.1 Å². The van der Waals surface area contributed by atoms with Crippen LogP contribution in [0.15, 0.2) is 24.8 Å². The number of aliphatic carboxylic acids is 8. The minimum absolute atomic E-state index is 0.00706. The van der Waals surface area contributed by atoms with Crippen LogP contribution in [-0.2, 0) is 93.0 Å². The van der Waals surface area contributed by atoms with Crippen molar-refractivity contribution in [2.24, 2.45) is 14.1 Å². The topological polar surface area (TPSA) is 430 Å². The molecule has 0 saturated heterocycles. The molecular formula is C39H56N10O20+2. The molecule has 2 rings (SSSR count). The zero-order chi connectivity index (χ0) is 52.1. The summed E-state index contributed by atoms with van der Waals surface area (Å²) in [5.41, 5.74) is 0. The summed E-state index contributed by atoms with van der Waals surface area (Å²) in [6.07, 6.45) is 4.04. The van der Waals surface area contributed by atoms with Crippen molar-refractivity contribution in [2.75, 3.05) is 32.7 Å². The molecule has 0 aliphatic carbocycles. The van der Waals surface area contributed by atoms with Crippen molar-refractivity contribution in [1.29, 1.82) is 0 Å². The van der Waals surface area contributed by atoms with Crippen LogP contribution in [0.2, 0.25) is 0 Å². The van der Waals surface area contributed by atoms with Gasteiger partial charge >= 0.3 is 53.8 Å². The molecule has 3 atom stereocenters. The van der Waals surface area contributed by atoms with E-state index < -0.39 is 155 Å². The van der Waals surface area contributed by atoms with Gasteiger partial charge in [0.05, 0.1) is 14.1 Å². The Balaban J connectivity index is 2.30. The summed E-state index contributed by atoms with van der Waals surface area (Å²) in [5, 5.41) is 80.9. The number of carboxylic acids is 8. The monoisotopic (exact) mass is 984 g/mol. The number of nitrogens with one attached hydrogen (secondary N) is 3. The lowest BCUT2D eigenvalue weighted by Crippen LogP contribution is -2.51. The first-order valence-corrected chi connectivity index (χ1v) is 20.8. The zero-order valence-corrected chi connectivity index (χ0v) is 37.5. The lowest BCUT2D eigenvalue weighted by Gasteiger charge is -2.22. The largest absolute Gasteiger partial charge is 0.481 e. The highest BCUT2D eigenvalue weighted by Gasteiger charge is 2.31. The molecule has 11 N–H and O–H groups in total. The first-order chi connectivity index (χ1) is 32.3. The highest BCUT2D eigenvalue weighted by molar-refractivity contribution is 5.88.